The lowest BCUT2D eigenvalue weighted by Gasteiger charge is -2.21. The molecule has 1 atom stereocenters. The minimum atomic E-state index is -0.390. The summed E-state index contributed by atoms with van der Waals surface area (Å²) in [6, 6.07) is 12.4. The van der Waals surface area contributed by atoms with E-state index in [1.165, 1.54) is 11.8 Å². The molecule has 2 amide bonds. The first kappa shape index (κ1) is 27.5. The van der Waals surface area contributed by atoms with Crippen LogP contribution in [-0.4, -0.2) is 32.3 Å². The molecular weight excluding hydrogens is 494 g/mol. The van der Waals surface area contributed by atoms with Gasteiger partial charge in [-0.05, 0) is 49.4 Å². The molecule has 9 heteroatoms. The summed E-state index contributed by atoms with van der Waals surface area (Å²) in [5, 5.41) is 15.8. The largest absolute Gasteiger partial charge is 0.342 e. The summed E-state index contributed by atoms with van der Waals surface area (Å²) in [6.07, 6.45) is 2.40. The zero-order valence-corrected chi connectivity index (χ0v) is 22.6. The van der Waals surface area contributed by atoms with Crippen LogP contribution in [0.25, 0.3) is 0 Å². The molecule has 0 aliphatic carbocycles. The first-order valence-corrected chi connectivity index (χ1v) is 13.2. The molecule has 0 unspecified atom stereocenters. The second kappa shape index (κ2) is 12.7. The number of anilines is 1. The Morgan fingerprint density at radius 2 is 1.81 bits per heavy atom. The van der Waals surface area contributed by atoms with Crippen molar-refractivity contribution in [2.24, 2.45) is 5.92 Å². The Kier molecular flexibility index (Phi) is 9.73. The van der Waals surface area contributed by atoms with Gasteiger partial charge in [-0.2, -0.15) is 0 Å². The predicted octanol–water partition coefficient (Wildman–Crippen LogP) is 5.98. The Bertz CT molecular complexity index is 1220. The second-order valence-electron chi connectivity index (χ2n) is 8.98. The number of carbonyl (C=O) groups excluding carboxylic acids is 2. The fourth-order valence-electron chi connectivity index (χ4n) is 3.86. The number of hydrogen-bond donors (Lipinski definition) is 2. The van der Waals surface area contributed by atoms with Crippen LogP contribution in [0, 0.1) is 19.8 Å². The topological polar surface area (TPSA) is 88.9 Å². The highest BCUT2D eigenvalue weighted by Gasteiger charge is 2.25. The van der Waals surface area contributed by atoms with E-state index in [0.29, 0.717) is 34.5 Å². The van der Waals surface area contributed by atoms with Crippen molar-refractivity contribution in [3.8, 4) is 0 Å². The number of hydrogen-bond acceptors (Lipinski definition) is 5. The van der Waals surface area contributed by atoms with Gasteiger partial charge in [0.25, 0.3) is 5.91 Å². The van der Waals surface area contributed by atoms with Crippen LogP contribution in [-0.2, 0) is 11.3 Å². The molecule has 0 aliphatic heterocycles. The van der Waals surface area contributed by atoms with Gasteiger partial charge >= 0.3 is 0 Å². The maximum Gasteiger partial charge on any atom is 0.253 e. The molecular formula is C27H32ClN5O2S. The van der Waals surface area contributed by atoms with Gasteiger partial charge in [-0.15, -0.1) is 16.8 Å². The number of nitrogens with zero attached hydrogens (tertiary/aromatic N) is 3. The molecule has 0 saturated carbocycles. The number of halogens is 1. The van der Waals surface area contributed by atoms with Crippen LogP contribution < -0.4 is 10.6 Å². The quantitative estimate of drug-likeness (QED) is 0.237. The number of rotatable bonds is 11. The summed E-state index contributed by atoms with van der Waals surface area (Å²) in [6.45, 7) is 12.4. The van der Waals surface area contributed by atoms with Gasteiger partial charge in [0.05, 0.1) is 22.4 Å². The molecule has 2 aromatic carbocycles. The van der Waals surface area contributed by atoms with Gasteiger partial charge < -0.3 is 15.2 Å². The summed E-state index contributed by atoms with van der Waals surface area (Å²) < 4.78 is 1.89. The van der Waals surface area contributed by atoms with E-state index >= 15 is 0 Å². The van der Waals surface area contributed by atoms with E-state index in [1.54, 1.807) is 30.3 Å². The van der Waals surface area contributed by atoms with E-state index in [0.717, 1.165) is 16.8 Å². The van der Waals surface area contributed by atoms with E-state index in [1.807, 2.05) is 36.6 Å². The van der Waals surface area contributed by atoms with Gasteiger partial charge in [-0.25, -0.2) is 0 Å². The minimum Gasteiger partial charge on any atom is -0.342 e. The van der Waals surface area contributed by atoms with Crippen molar-refractivity contribution < 1.29 is 9.59 Å². The van der Waals surface area contributed by atoms with Gasteiger partial charge in [0.2, 0.25) is 5.91 Å². The summed E-state index contributed by atoms with van der Waals surface area (Å²) in [7, 11) is 0. The highest BCUT2D eigenvalue weighted by molar-refractivity contribution is 7.99. The Morgan fingerprint density at radius 3 is 2.44 bits per heavy atom. The average Bonchev–Trinajstić information content (AvgIpc) is 3.22. The third-order valence-corrected chi connectivity index (χ3v) is 6.87. The minimum absolute atomic E-state index is 0.127. The maximum atomic E-state index is 13.0. The van der Waals surface area contributed by atoms with Crippen LogP contribution >= 0.6 is 23.4 Å². The van der Waals surface area contributed by atoms with Crippen LogP contribution in [0.15, 0.2) is 60.3 Å². The molecule has 7 nitrogen and oxygen atoms in total. The molecule has 3 rings (SSSR count). The van der Waals surface area contributed by atoms with E-state index in [2.05, 4.69) is 41.3 Å². The summed E-state index contributed by atoms with van der Waals surface area (Å²) in [5.74, 6) is 0.667. The molecule has 0 aliphatic rings. The number of para-hydroxylation sites is 1. The van der Waals surface area contributed by atoms with Crippen molar-refractivity contribution in [3.63, 3.8) is 0 Å². The first-order valence-electron chi connectivity index (χ1n) is 11.8. The fourth-order valence-corrected chi connectivity index (χ4v) is 4.84. The predicted molar refractivity (Wildman–Crippen MR) is 147 cm³/mol. The van der Waals surface area contributed by atoms with Crippen molar-refractivity contribution >= 4 is 40.9 Å². The van der Waals surface area contributed by atoms with Crippen LogP contribution in [0.1, 0.15) is 53.6 Å². The fraction of sp³-hybridized carbons (Fsp3) is 0.333. The van der Waals surface area contributed by atoms with E-state index < -0.39 is 0 Å². The zero-order chi connectivity index (χ0) is 26.2. The lowest BCUT2D eigenvalue weighted by molar-refractivity contribution is -0.113. The number of aryl methyl sites for hydroxylation is 2. The van der Waals surface area contributed by atoms with Gasteiger partial charge in [0.15, 0.2) is 11.0 Å². The third kappa shape index (κ3) is 6.98. The van der Waals surface area contributed by atoms with Crippen molar-refractivity contribution in [2.75, 3.05) is 11.1 Å². The smallest absolute Gasteiger partial charge is 0.253 e. The van der Waals surface area contributed by atoms with Gasteiger partial charge in [-0.1, -0.05) is 73.6 Å². The first-order chi connectivity index (χ1) is 17.2. The van der Waals surface area contributed by atoms with E-state index in [-0.39, 0.29) is 29.5 Å². The highest BCUT2D eigenvalue weighted by Crippen LogP contribution is 2.27. The molecule has 2 N–H and O–H groups in total. The number of amides is 2. The Balaban J connectivity index is 1.79. The number of thioether (sulfide) groups is 1. The molecule has 0 spiro atoms. The molecule has 1 heterocycles. The Labute approximate surface area is 221 Å². The molecule has 0 radical (unpaired) electrons. The molecule has 1 aromatic heterocycles. The van der Waals surface area contributed by atoms with Crippen LogP contribution in [0.4, 0.5) is 5.69 Å². The van der Waals surface area contributed by atoms with Crippen molar-refractivity contribution in [3.05, 3.63) is 82.7 Å². The molecule has 190 valence electrons. The average molecular weight is 526 g/mol. The monoisotopic (exact) mass is 525 g/mol. The number of benzene rings is 2. The summed E-state index contributed by atoms with van der Waals surface area (Å²) in [5.41, 5.74) is 3.25. The van der Waals surface area contributed by atoms with Crippen molar-refractivity contribution in [1.82, 2.24) is 20.1 Å². The van der Waals surface area contributed by atoms with Gasteiger partial charge in [-0.3, -0.25) is 9.59 Å². The SMILES string of the molecule is C=CCn1c(SCC(=O)Nc2c(C)cccc2C)nnc1[C@@H](CC(C)C)NC(=O)c1ccccc1Cl. The molecule has 36 heavy (non-hydrogen) atoms. The normalized spacial score (nSPS) is 11.8. The number of nitrogens with one attached hydrogen (secondary N) is 2. The third-order valence-electron chi connectivity index (χ3n) is 5.58. The number of aromatic nitrogens is 3. The van der Waals surface area contributed by atoms with Crippen LogP contribution in [0.2, 0.25) is 5.02 Å². The Morgan fingerprint density at radius 1 is 1.11 bits per heavy atom. The van der Waals surface area contributed by atoms with Gasteiger partial charge in [0, 0.05) is 12.2 Å². The molecule has 0 saturated heterocycles. The van der Waals surface area contributed by atoms with Crippen molar-refractivity contribution in [2.45, 2.75) is 51.9 Å². The van der Waals surface area contributed by atoms with E-state index in [4.69, 9.17) is 11.6 Å². The molecule has 0 fully saturated rings. The summed E-state index contributed by atoms with van der Waals surface area (Å²) >= 11 is 7.54. The standard InChI is InChI=1S/C27H32ClN5O2S/c1-6-14-33-25(22(15-17(2)3)29-26(35)20-12-7-8-13-21(20)28)31-32-27(33)36-16-23(34)30-24-18(4)10-9-11-19(24)5/h6-13,17,22H,1,14-16H2,2-5H3,(H,29,35)(H,30,34)/t22-/m1/s1. The Hall–Kier alpha value is -3.10. The number of carbonyl (C=O) groups is 2. The number of allylic oxidation sites excluding steroid dienone is 1. The maximum absolute atomic E-state index is 13.0. The zero-order valence-electron chi connectivity index (χ0n) is 21.0. The van der Waals surface area contributed by atoms with Crippen molar-refractivity contribution in [1.29, 1.82) is 0 Å². The molecule has 3 aromatic rings. The van der Waals surface area contributed by atoms with Gasteiger partial charge in [0.1, 0.15) is 0 Å². The highest BCUT2D eigenvalue weighted by atomic mass is 35.5. The van der Waals surface area contributed by atoms with Crippen LogP contribution in [0.5, 0.6) is 0 Å². The van der Waals surface area contributed by atoms with E-state index in [9.17, 15) is 9.59 Å². The lowest BCUT2D eigenvalue weighted by Crippen LogP contribution is -2.32. The molecule has 0 bridgehead atoms. The second-order valence-corrected chi connectivity index (χ2v) is 10.3. The summed E-state index contributed by atoms with van der Waals surface area (Å²) in [4.78, 5) is 25.7. The van der Waals surface area contributed by atoms with Crippen LogP contribution in [0.3, 0.4) is 0 Å². The lowest BCUT2D eigenvalue weighted by atomic mass is 10.0.